The Morgan fingerprint density at radius 1 is 1.26 bits per heavy atom. The molecule has 2 fully saturated rings. The number of hydrogen-bond acceptors (Lipinski definition) is 4. The van der Waals surface area contributed by atoms with Gasteiger partial charge in [-0.25, -0.2) is 0 Å². The largest absolute Gasteiger partial charge is 0.303 e. The van der Waals surface area contributed by atoms with Gasteiger partial charge in [-0.1, -0.05) is 6.42 Å². The van der Waals surface area contributed by atoms with Crippen molar-refractivity contribution >= 4 is 0 Å². The second kappa shape index (κ2) is 6.69. The molecule has 0 aliphatic carbocycles. The van der Waals surface area contributed by atoms with Crippen LogP contribution in [-0.4, -0.2) is 61.2 Å². The highest BCUT2D eigenvalue weighted by molar-refractivity contribution is 5.03. The third kappa shape index (κ3) is 3.92. The average Bonchev–Trinajstić information content (AvgIpc) is 2.95. The summed E-state index contributed by atoms with van der Waals surface area (Å²) in [5.74, 6) is 0. The maximum absolute atomic E-state index is 9.18. The fourth-order valence-corrected chi connectivity index (χ4v) is 3.22. The molecule has 2 aliphatic rings. The van der Waals surface area contributed by atoms with Crippen molar-refractivity contribution in [2.75, 3.05) is 39.8 Å². The van der Waals surface area contributed by atoms with Crippen LogP contribution >= 0.6 is 0 Å². The molecule has 2 saturated heterocycles. The third-order valence-electron chi connectivity index (χ3n) is 4.88. The molecule has 0 saturated carbocycles. The van der Waals surface area contributed by atoms with Gasteiger partial charge in [0.25, 0.3) is 0 Å². The maximum Gasteiger partial charge on any atom is 0.104 e. The van der Waals surface area contributed by atoms with Crippen LogP contribution in [0.25, 0.3) is 0 Å². The first kappa shape index (κ1) is 14.8. The lowest BCUT2D eigenvalue weighted by molar-refractivity contribution is 0.160. The Morgan fingerprint density at radius 3 is 2.63 bits per heavy atom. The van der Waals surface area contributed by atoms with Crippen LogP contribution in [0, 0.1) is 11.3 Å². The number of piperidine rings is 1. The Balaban J connectivity index is 1.74. The molecule has 0 amide bonds. The molecule has 108 valence electrons. The van der Waals surface area contributed by atoms with Crippen molar-refractivity contribution in [3.05, 3.63) is 0 Å². The Labute approximate surface area is 117 Å². The molecular formula is C15H28N4. The lowest BCUT2D eigenvalue weighted by atomic mass is 10.0. The van der Waals surface area contributed by atoms with Gasteiger partial charge in [-0.05, 0) is 59.3 Å². The summed E-state index contributed by atoms with van der Waals surface area (Å²) < 4.78 is 0. The zero-order valence-electron chi connectivity index (χ0n) is 12.5. The van der Waals surface area contributed by atoms with Crippen LogP contribution < -0.4 is 5.32 Å². The Hall–Kier alpha value is -0.630. The standard InChI is InChI=1S/C15H28N4/c1-15(13-16,17-2)7-11-18-10-6-14(12-18)19-8-4-3-5-9-19/h14,17H,3-12H2,1-2H3. The molecule has 19 heavy (non-hydrogen) atoms. The highest BCUT2D eigenvalue weighted by Crippen LogP contribution is 2.21. The highest BCUT2D eigenvalue weighted by atomic mass is 15.3. The van der Waals surface area contributed by atoms with Gasteiger partial charge < -0.3 is 10.2 Å². The quantitative estimate of drug-likeness (QED) is 0.816. The minimum atomic E-state index is -0.372. The van der Waals surface area contributed by atoms with Gasteiger partial charge in [0.15, 0.2) is 0 Å². The van der Waals surface area contributed by atoms with Crippen molar-refractivity contribution in [1.82, 2.24) is 15.1 Å². The molecule has 0 radical (unpaired) electrons. The fourth-order valence-electron chi connectivity index (χ4n) is 3.22. The summed E-state index contributed by atoms with van der Waals surface area (Å²) in [6.07, 6.45) is 6.39. The number of nitrogens with zero attached hydrogens (tertiary/aromatic N) is 3. The first-order valence-electron chi connectivity index (χ1n) is 7.73. The molecule has 0 aromatic heterocycles. The van der Waals surface area contributed by atoms with Crippen molar-refractivity contribution in [2.45, 2.75) is 50.6 Å². The van der Waals surface area contributed by atoms with E-state index < -0.39 is 0 Å². The monoisotopic (exact) mass is 264 g/mol. The second-order valence-electron chi connectivity index (χ2n) is 6.28. The van der Waals surface area contributed by atoms with Crippen molar-refractivity contribution < 1.29 is 0 Å². The van der Waals surface area contributed by atoms with Gasteiger partial charge in [0, 0.05) is 19.1 Å². The highest BCUT2D eigenvalue weighted by Gasteiger charge is 2.30. The van der Waals surface area contributed by atoms with E-state index in [0.29, 0.717) is 0 Å². The molecule has 0 bridgehead atoms. The van der Waals surface area contributed by atoms with E-state index >= 15 is 0 Å². The first-order valence-corrected chi connectivity index (χ1v) is 7.73. The SMILES string of the molecule is CNC(C)(C#N)CCN1CCC(N2CCCCC2)C1. The van der Waals surface area contributed by atoms with Crippen LogP contribution in [0.5, 0.6) is 0 Å². The molecular weight excluding hydrogens is 236 g/mol. The van der Waals surface area contributed by atoms with Crippen LogP contribution in [0.1, 0.15) is 39.0 Å². The Kier molecular flexibility index (Phi) is 5.20. The zero-order valence-corrected chi connectivity index (χ0v) is 12.5. The van der Waals surface area contributed by atoms with E-state index in [1.807, 2.05) is 14.0 Å². The lowest BCUT2D eigenvalue weighted by Gasteiger charge is -2.32. The molecule has 0 aromatic carbocycles. The molecule has 0 spiro atoms. The second-order valence-corrected chi connectivity index (χ2v) is 6.28. The minimum absolute atomic E-state index is 0.372. The van der Waals surface area contributed by atoms with Crippen LogP contribution in [0.15, 0.2) is 0 Å². The molecule has 2 unspecified atom stereocenters. The van der Waals surface area contributed by atoms with E-state index in [4.69, 9.17) is 0 Å². The van der Waals surface area contributed by atoms with Crippen LogP contribution in [-0.2, 0) is 0 Å². The average molecular weight is 264 g/mol. The van der Waals surface area contributed by atoms with Gasteiger partial charge in [-0.2, -0.15) is 5.26 Å². The van der Waals surface area contributed by atoms with Crippen molar-refractivity contribution in [3.8, 4) is 6.07 Å². The Bertz CT molecular complexity index is 319. The Morgan fingerprint density at radius 2 is 2.00 bits per heavy atom. The van der Waals surface area contributed by atoms with E-state index in [-0.39, 0.29) is 5.54 Å². The predicted octanol–water partition coefficient (Wildman–Crippen LogP) is 1.44. The fraction of sp³-hybridized carbons (Fsp3) is 0.933. The van der Waals surface area contributed by atoms with E-state index in [9.17, 15) is 5.26 Å². The topological polar surface area (TPSA) is 42.3 Å². The van der Waals surface area contributed by atoms with Crippen LogP contribution in [0.3, 0.4) is 0 Å². The number of hydrogen-bond donors (Lipinski definition) is 1. The molecule has 2 rings (SSSR count). The van der Waals surface area contributed by atoms with Crippen LogP contribution in [0.4, 0.5) is 0 Å². The van der Waals surface area contributed by atoms with E-state index in [0.717, 1.165) is 19.0 Å². The van der Waals surface area contributed by atoms with Crippen LogP contribution in [0.2, 0.25) is 0 Å². The molecule has 2 aliphatic heterocycles. The zero-order chi connectivity index (χ0) is 13.7. The minimum Gasteiger partial charge on any atom is -0.303 e. The number of nitriles is 1. The summed E-state index contributed by atoms with van der Waals surface area (Å²) in [6, 6.07) is 3.15. The van der Waals surface area contributed by atoms with Crippen molar-refractivity contribution in [3.63, 3.8) is 0 Å². The molecule has 4 heteroatoms. The summed E-state index contributed by atoms with van der Waals surface area (Å²) >= 11 is 0. The van der Waals surface area contributed by atoms with Gasteiger partial charge in [0.1, 0.15) is 5.54 Å². The van der Waals surface area contributed by atoms with Gasteiger partial charge in [0.05, 0.1) is 6.07 Å². The molecule has 0 aromatic rings. The summed E-state index contributed by atoms with van der Waals surface area (Å²) in [5, 5.41) is 12.3. The maximum atomic E-state index is 9.18. The molecule has 2 heterocycles. The van der Waals surface area contributed by atoms with Gasteiger partial charge in [-0.3, -0.25) is 4.90 Å². The summed E-state index contributed by atoms with van der Waals surface area (Å²) in [4.78, 5) is 5.22. The van der Waals surface area contributed by atoms with Crippen molar-refractivity contribution in [1.29, 1.82) is 5.26 Å². The number of rotatable bonds is 5. The van der Waals surface area contributed by atoms with Crippen molar-refractivity contribution in [2.24, 2.45) is 0 Å². The number of nitrogens with one attached hydrogen (secondary N) is 1. The van der Waals surface area contributed by atoms with Gasteiger partial charge in [0.2, 0.25) is 0 Å². The van der Waals surface area contributed by atoms with E-state index in [1.54, 1.807) is 0 Å². The van der Waals surface area contributed by atoms with Gasteiger partial charge >= 0.3 is 0 Å². The predicted molar refractivity (Wildman–Crippen MR) is 78.0 cm³/mol. The van der Waals surface area contributed by atoms with E-state index in [1.165, 1.54) is 51.9 Å². The first-order chi connectivity index (χ1) is 9.17. The molecule has 1 N–H and O–H groups in total. The molecule has 2 atom stereocenters. The number of likely N-dealkylation sites (tertiary alicyclic amines) is 2. The molecule has 4 nitrogen and oxygen atoms in total. The summed E-state index contributed by atoms with van der Waals surface area (Å²) in [7, 11) is 1.88. The summed E-state index contributed by atoms with van der Waals surface area (Å²) in [5.41, 5.74) is -0.372. The van der Waals surface area contributed by atoms with Gasteiger partial charge in [-0.15, -0.1) is 0 Å². The third-order valence-corrected chi connectivity index (χ3v) is 4.88. The van der Waals surface area contributed by atoms with E-state index in [2.05, 4.69) is 21.2 Å². The normalized spacial score (nSPS) is 29.0. The lowest BCUT2D eigenvalue weighted by Crippen LogP contribution is -2.43. The smallest absolute Gasteiger partial charge is 0.104 e. The summed E-state index contributed by atoms with van der Waals surface area (Å²) in [6.45, 7) is 8.02.